The van der Waals surface area contributed by atoms with Crippen LogP contribution < -0.4 is 4.57 Å². The molecule has 0 aliphatic rings. The summed E-state index contributed by atoms with van der Waals surface area (Å²) in [5.74, 6) is -0.198. The molecular weight excluding hydrogens is 204 g/mol. The lowest BCUT2D eigenvalue weighted by atomic mass is 10.2. The topological polar surface area (TPSA) is 63.2 Å². The van der Waals surface area contributed by atoms with E-state index >= 15 is 0 Å². The highest BCUT2D eigenvalue weighted by atomic mass is 32.2. The Morgan fingerprint density at radius 1 is 1.57 bits per heavy atom. The number of rotatable bonds is 4. The molecule has 0 radical (unpaired) electrons. The monoisotopic (exact) mass is 219 g/mol. The average Bonchev–Trinajstić information content (AvgIpc) is 2.46. The van der Waals surface area contributed by atoms with Crippen molar-refractivity contribution < 1.29 is 17.5 Å². The fourth-order valence-corrected chi connectivity index (χ4v) is 1.84. The smallest absolute Gasteiger partial charge is 0.265 e. The van der Waals surface area contributed by atoms with Crippen LogP contribution >= 0.6 is 0 Å². The molecule has 0 saturated carbocycles. The van der Waals surface area contributed by atoms with E-state index in [1.54, 1.807) is 0 Å². The molecule has 6 heteroatoms. The van der Waals surface area contributed by atoms with Crippen molar-refractivity contribution in [1.29, 1.82) is 0 Å². The standard InChI is InChI=1S/C8H14N2O3S/c1-8(3-6-14(11,12)13)10-5-4-9(2)7-10/h4-5,7-8H,3,6H2,1-2H3/p+1. The molecule has 1 aromatic heterocycles. The van der Waals surface area contributed by atoms with Gasteiger partial charge in [0, 0.05) is 6.42 Å². The van der Waals surface area contributed by atoms with Gasteiger partial charge >= 0.3 is 0 Å². The average molecular weight is 219 g/mol. The van der Waals surface area contributed by atoms with Crippen molar-refractivity contribution in [1.82, 2.24) is 4.57 Å². The maximum Gasteiger partial charge on any atom is 0.265 e. The van der Waals surface area contributed by atoms with Crippen LogP contribution in [-0.2, 0) is 17.2 Å². The van der Waals surface area contributed by atoms with Crippen LogP contribution in [0.25, 0.3) is 0 Å². The Morgan fingerprint density at radius 2 is 2.21 bits per heavy atom. The third kappa shape index (κ3) is 3.47. The van der Waals surface area contributed by atoms with Crippen LogP contribution in [0.3, 0.4) is 0 Å². The second-order valence-corrected chi connectivity index (χ2v) is 5.02. The van der Waals surface area contributed by atoms with Gasteiger partial charge < -0.3 is 0 Å². The van der Waals surface area contributed by atoms with E-state index in [2.05, 4.69) is 0 Å². The van der Waals surface area contributed by atoms with Gasteiger partial charge in [0.15, 0.2) is 0 Å². The molecule has 0 saturated heterocycles. The number of imidazole rings is 1. The summed E-state index contributed by atoms with van der Waals surface area (Å²) in [6.45, 7) is 1.91. The molecule has 1 heterocycles. The van der Waals surface area contributed by atoms with Crippen LogP contribution in [0.4, 0.5) is 0 Å². The highest BCUT2D eigenvalue weighted by molar-refractivity contribution is 7.85. The van der Waals surface area contributed by atoms with Gasteiger partial charge in [-0.2, -0.15) is 8.42 Å². The van der Waals surface area contributed by atoms with Gasteiger partial charge in [-0.25, -0.2) is 9.13 Å². The minimum Gasteiger partial charge on any atom is -0.286 e. The molecule has 0 aliphatic heterocycles. The molecule has 5 nitrogen and oxygen atoms in total. The van der Waals surface area contributed by atoms with Gasteiger partial charge in [-0.15, -0.1) is 0 Å². The maximum absolute atomic E-state index is 10.5. The van der Waals surface area contributed by atoms with Gasteiger partial charge in [0.05, 0.1) is 18.8 Å². The predicted molar refractivity (Wildman–Crippen MR) is 51.4 cm³/mol. The maximum atomic E-state index is 10.5. The van der Waals surface area contributed by atoms with E-state index in [0.717, 1.165) is 0 Å². The van der Waals surface area contributed by atoms with E-state index in [4.69, 9.17) is 4.55 Å². The van der Waals surface area contributed by atoms with Crippen LogP contribution in [0.1, 0.15) is 19.4 Å². The first kappa shape index (κ1) is 11.2. The fraction of sp³-hybridized carbons (Fsp3) is 0.625. The molecule has 0 aliphatic carbocycles. The Balaban J connectivity index is 2.55. The van der Waals surface area contributed by atoms with E-state index in [-0.39, 0.29) is 11.8 Å². The Morgan fingerprint density at radius 3 is 2.64 bits per heavy atom. The summed E-state index contributed by atoms with van der Waals surface area (Å²) < 4.78 is 33.4. The summed E-state index contributed by atoms with van der Waals surface area (Å²) in [7, 11) is -1.95. The van der Waals surface area contributed by atoms with E-state index in [9.17, 15) is 8.42 Å². The first-order chi connectivity index (χ1) is 6.38. The van der Waals surface area contributed by atoms with Crippen molar-refractivity contribution in [2.45, 2.75) is 19.4 Å². The molecule has 80 valence electrons. The summed E-state index contributed by atoms with van der Waals surface area (Å²) in [5, 5.41) is 0. The molecule has 1 atom stereocenters. The zero-order chi connectivity index (χ0) is 10.8. The van der Waals surface area contributed by atoms with Crippen LogP contribution in [0.2, 0.25) is 0 Å². The molecule has 1 rings (SSSR count). The second-order valence-electron chi connectivity index (χ2n) is 3.45. The van der Waals surface area contributed by atoms with E-state index in [1.165, 1.54) is 0 Å². The first-order valence-electron chi connectivity index (χ1n) is 4.36. The Kier molecular flexibility index (Phi) is 3.28. The Labute approximate surface area is 83.7 Å². The third-order valence-corrected chi connectivity index (χ3v) is 2.84. The van der Waals surface area contributed by atoms with Gasteiger partial charge in [0.25, 0.3) is 10.1 Å². The van der Waals surface area contributed by atoms with Crippen LogP contribution in [0, 0.1) is 0 Å². The first-order valence-corrected chi connectivity index (χ1v) is 5.97. The molecular formula is C8H15N2O3S+. The van der Waals surface area contributed by atoms with Gasteiger partial charge in [0.1, 0.15) is 12.4 Å². The SMILES string of the molecule is CC(CCS(=O)(=O)O)n1cc[n+](C)c1. The predicted octanol–water partition coefficient (Wildman–Crippen LogP) is 0.152. The summed E-state index contributed by atoms with van der Waals surface area (Å²) >= 11 is 0. The molecule has 1 unspecified atom stereocenters. The van der Waals surface area contributed by atoms with Gasteiger partial charge in [0.2, 0.25) is 6.33 Å². The molecule has 0 spiro atoms. The summed E-state index contributed by atoms with van der Waals surface area (Å²) in [6, 6.07) is 0.0677. The number of aromatic nitrogens is 2. The van der Waals surface area contributed by atoms with Crippen LogP contribution in [0.15, 0.2) is 18.7 Å². The van der Waals surface area contributed by atoms with E-state index in [0.29, 0.717) is 6.42 Å². The molecule has 14 heavy (non-hydrogen) atoms. The lowest BCUT2D eigenvalue weighted by molar-refractivity contribution is -0.671. The van der Waals surface area contributed by atoms with Gasteiger partial charge in [-0.05, 0) is 6.92 Å². The second kappa shape index (κ2) is 4.10. The molecule has 0 bridgehead atoms. The third-order valence-electron chi connectivity index (χ3n) is 2.09. The van der Waals surface area contributed by atoms with Crippen molar-refractivity contribution >= 4 is 10.1 Å². The Bertz CT molecular complexity index is 396. The Hall–Kier alpha value is -0.880. The lowest BCUT2D eigenvalue weighted by Gasteiger charge is -2.05. The molecule has 1 N–H and O–H groups in total. The zero-order valence-electron chi connectivity index (χ0n) is 8.29. The quantitative estimate of drug-likeness (QED) is 0.579. The van der Waals surface area contributed by atoms with E-state index in [1.807, 2.05) is 41.8 Å². The molecule has 1 aromatic rings. The van der Waals surface area contributed by atoms with Crippen molar-refractivity contribution in [3.8, 4) is 0 Å². The number of hydrogen-bond donors (Lipinski definition) is 1. The highest BCUT2D eigenvalue weighted by Gasteiger charge is 2.14. The van der Waals surface area contributed by atoms with Crippen molar-refractivity contribution in [2.75, 3.05) is 5.75 Å². The largest absolute Gasteiger partial charge is 0.286 e. The summed E-state index contributed by atoms with van der Waals surface area (Å²) in [6.07, 6.45) is 6.03. The van der Waals surface area contributed by atoms with Gasteiger partial charge in [-0.1, -0.05) is 0 Å². The van der Waals surface area contributed by atoms with Crippen LogP contribution in [-0.4, -0.2) is 23.3 Å². The minimum absolute atomic E-state index is 0.0677. The van der Waals surface area contributed by atoms with Crippen LogP contribution in [0.5, 0.6) is 0 Å². The molecule has 0 aromatic carbocycles. The van der Waals surface area contributed by atoms with Crippen molar-refractivity contribution in [3.05, 3.63) is 18.7 Å². The fourth-order valence-electron chi connectivity index (χ4n) is 1.20. The summed E-state index contributed by atoms with van der Waals surface area (Å²) in [4.78, 5) is 0. The van der Waals surface area contributed by atoms with Gasteiger partial charge in [-0.3, -0.25) is 4.55 Å². The normalized spacial score (nSPS) is 14.2. The lowest BCUT2D eigenvalue weighted by Crippen LogP contribution is -2.24. The number of aryl methyl sites for hydroxylation is 1. The number of hydrogen-bond acceptors (Lipinski definition) is 2. The van der Waals surface area contributed by atoms with Crippen molar-refractivity contribution in [2.24, 2.45) is 7.05 Å². The number of nitrogens with zero attached hydrogens (tertiary/aromatic N) is 2. The molecule has 0 fully saturated rings. The zero-order valence-corrected chi connectivity index (χ0v) is 9.11. The minimum atomic E-state index is -3.84. The molecule has 0 amide bonds. The highest BCUT2D eigenvalue weighted by Crippen LogP contribution is 2.09. The van der Waals surface area contributed by atoms with Crippen molar-refractivity contribution in [3.63, 3.8) is 0 Å². The summed E-state index contributed by atoms with van der Waals surface area (Å²) in [5.41, 5.74) is 0. The van der Waals surface area contributed by atoms with E-state index < -0.39 is 10.1 Å².